The second-order valence-corrected chi connectivity index (χ2v) is 6.09. The van der Waals surface area contributed by atoms with Gasteiger partial charge in [0.05, 0.1) is 26.4 Å². The Kier molecular flexibility index (Phi) is 3.78. The molecule has 3 aliphatic rings. The normalized spacial score (nSPS) is 37.6. The highest BCUT2D eigenvalue weighted by atomic mass is 32.3. The first-order chi connectivity index (χ1) is 9.03. The molecule has 0 aromatic heterocycles. The van der Waals surface area contributed by atoms with Crippen molar-refractivity contribution in [3.05, 3.63) is 0 Å². The molecule has 3 atom stereocenters. The molecule has 3 aliphatic heterocycles. The maximum absolute atomic E-state index is 10.7. The Morgan fingerprint density at radius 2 is 1.89 bits per heavy atom. The summed E-state index contributed by atoms with van der Waals surface area (Å²) in [4.78, 5) is 0. The smallest absolute Gasteiger partial charge is 0.378 e. The fourth-order valence-corrected chi connectivity index (χ4v) is 3.47. The van der Waals surface area contributed by atoms with Gasteiger partial charge in [-0.1, -0.05) is 0 Å². The van der Waals surface area contributed by atoms with E-state index < -0.39 is 16.7 Å². The molecule has 0 aliphatic carbocycles. The molecule has 0 amide bonds. The molecular weight excluding hydrogens is 276 g/mol. The zero-order valence-electron chi connectivity index (χ0n) is 10.5. The van der Waals surface area contributed by atoms with Crippen LogP contribution in [0.15, 0.2) is 0 Å². The van der Waals surface area contributed by atoms with Crippen LogP contribution in [0.1, 0.15) is 12.8 Å². The van der Waals surface area contributed by atoms with E-state index >= 15 is 0 Å². The van der Waals surface area contributed by atoms with Gasteiger partial charge in [-0.3, -0.25) is 4.55 Å². The average Bonchev–Trinajstić information content (AvgIpc) is 2.57. The van der Waals surface area contributed by atoms with Gasteiger partial charge < -0.3 is 9.47 Å². The molecule has 0 radical (unpaired) electrons. The lowest BCUT2D eigenvalue weighted by atomic mass is 10.2. The number of morpholine rings is 2. The zero-order chi connectivity index (χ0) is 13.5. The van der Waals surface area contributed by atoms with E-state index in [0.29, 0.717) is 45.0 Å². The van der Waals surface area contributed by atoms with Crippen molar-refractivity contribution in [3.8, 4) is 0 Å². The first kappa shape index (κ1) is 13.7. The highest BCUT2D eigenvalue weighted by Crippen LogP contribution is 2.31. The lowest BCUT2D eigenvalue weighted by molar-refractivity contribution is -0.214. The summed E-state index contributed by atoms with van der Waals surface area (Å²) in [6.45, 7) is 2.78. The number of ether oxygens (including phenoxy) is 2. The lowest BCUT2D eigenvalue weighted by Crippen LogP contribution is -2.60. The molecular formula is C10H18N2O6S. The molecule has 0 spiro atoms. The molecule has 3 heterocycles. The third-order valence-electron chi connectivity index (χ3n) is 3.77. The van der Waals surface area contributed by atoms with E-state index in [-0.39, 0.29) is 0 Å². The number of nitrogens with zero attached hydrogens (tertiary/aromatic N) is 2. The summed E-state index contributed by atoms with van der Waals surface area (Å²) in [5.41, 5.74) is 0. The maximum atomic E-state index is 10.7. The number of hydrogen-bond donors (Lipinski definition) is 1. The standard InChI is InChI=1S/C10H18N2O6S/c13-19(14,15)18-10-5-11(3-4-17-10)12-8-1-2-9(12)7-16-6-8/h8-10H,1-7H2,(H,13,14,15). The minimum Gasteiger partial charge on any atom is -0.378 e. The Bertz CT molecular complexity index is 414. The van der Waals surface area contributed by atoms with E-state index in [0.717, 1.165) is 12.8 Å². The molecule has 3 unspecified atom stereocenters. The Morgan fingerprint density at radius 3 is 2.53 bits per heavy atom. The summed E-state index contributed by atoms with van der Waals surface area (Å²) in [5, 5.41) is 4.33. The van der Waals surface area contributed by atoms with Gasteiger partial charge in [-0.05, 0) is 12.8 Å². The topological polar surface area (TPSA) is 88.5 Å². The molecule has 9 heteroatoms. The number of fused-ring (bicyclic) bond motifs is 2. The fraction of sp³-hybridized carbons (Fsp3) is 1.00. The quantitative estimate of drug-likeness (QED) is 0.680. The molecule has 0 aromatic rings. The Hall–Kier alpha value is -0.290. The van der Waals surface area contributed by atoms with E-state index in [4.69, 9.17) is 14.0 Å². The van der Waals surface area contributed by atoms with Crippen LogP contribution in [-0.4, -0.2) is 74.3 Å². The largest absolute Gasteiger partial charge is 0.399 e. The molecule has 2 bridgehead atoms. The second-order valence-electron chi connectivity index (χ2n) is 5.04. The predicted octanol–water partition coefficient (Wildman–Crippen LogP) is -0.758. The molecule has 3 rings (SSSR count). The van der Waals surface area contributed by atoms with E-state index in [1.54, 1.807) is 0 Å². The van der Waals surface area contributed by atoms with Gasteiger partial charge in [-0.15, -0.1) is 0 Å². The van der Waals surface area contributed by atoms with Gasteiger partial charge in [-0.25, -0.2) is 14.2 Å². The van der Waals surface area contributed by atoms with Gasteiger partial charge in [-0.2, -0.15) is 8.42 Å². The van der Waals surface area contributed by atoms with Gasteiger partial charge in [0, 0.05) is 18.6 Å². The van der Waals surface area contributed by atoms with Crippen molar-refractivity contribution in [2.24, 2.45) is 0 Å². The van der Waals surface area contributed by atoms with Crippen LogP contribution in [0.4, 0.5) is 0 Å². The highest BCUT2D eigenvalue weighted by molar-refractivity contribution is 7.80. The summed E-state index contributed by atoms with van der Waals surface area (Å²) in [6.07, 6.45) is 1.23. The molecule has 0 aromatic carbocycles. The molecule has 0 saturated carbocycles. The van der Waals surface area contributed by atoms with Gasteiger partial charge >= 0.3 is 10.4 Å². The fourth-order valence-electron chi connectivity index (χ4n) is 3.08. The van der Waals surface area contributed by atoms with Crippen LogP contribution in [0, 0.1) is 0 Å². The first-order valence-electron chi connectivity index (χ1n) is 6.41. The zero-order valence-corrected chi connectivity index (χ0v) is 11.3. The Morgan fingerprint density at radius 1 is 1.21 bits per heavy atom. The summed E-state index contributed by atoms with van der Waals surface area (Å²) >= 11 is 0. The van der Waals surface area contributed by atoms with E-state index in [1.165, 1.54) is 0 Å². The van der Waals surface area contributed by atoms with Crippen molar-refractivity contribution < 1.29 is 26.6 Å². The van der Waals surface area contributed by atoms with E-state index in [2.05, 4.69) is 14.2 Å². The highest BCUT2D eigenvalue weighted by Gasteiger charge is 2.42. The van der Waals surface area contributed by atoms with Crippen LogP contribution in [0.5, 0.6) is 0 Å². The van der Waals surface area contributed by atoms with Gasteiger partial charge in [0.2, 0.25) is 0 Å². The SMILES string of the molecule is O=S(=O)(O)OC1CN(N2C3CCC2COC3)CCO1. The van der Waals surface area contributed by atoms with Crippen LogP contribution >= 0.6 is 0 Å². The van der Waals surface area contributed by atoms with E-state index in [1.807, 2.05) is 0 Å². The second kappa shape index (κ2) is 5.24. The summed E-state index contributed by atoms with van der Waals surface area (Å²) in [7, 11) is -4.48. The van der Waals surface area contributed by atoms with Crippen LogP contribution in [0.3, 0.4) is 0 Å². The number of hydrazine groups is 1. The molecule has 19 heavy (non-hydrogen) atoms. The molecule has 110 valence electrons. The Labute approximate surface area is 112 Å². The molecule has 3 fully saturated rings. The monoisotopic (exact) mass is 294 g/mol. The van der Waals surface area contributed by atoms with Crippen molar-refractivity contribution in [2.45, 2.75) is 31.2 Å². The van der Waals surface area contributed by atoms with Crippen molar-refractivity contribution in [1.82, 2.24) is 10.0 Å². The summed E-state index contributed by atoms with van der Waals surface area (Å²) < 4.78 is 45.4. The third-order valence-corrected chi connectivity index (χ3v) is 4.23. The number of hydrogen-bond acceptors (Lipinski definition) is 7. The van der Waals surface area contributed by atoms with Gasteiger partial charge in [0.15, 0.2) is 6.29 Å². The molecule has 8 nitrogen and oxygen atoms in total. The average molecular weight is 294 g/mol. The van der Waals surface area contributed by atoms with Crippen molar-refractivity contribution in [3.63, 3.8) is 0 Å². The summed E-state index contributed by atoms with van der Waals surface area (Å²) in [5.74, 6) is 0. The van der Waals surface area contributed by atoms with Crippen LogP contribution in [0.2, 0.25) is 0 Å². The van der Waals surface area contributed by atoms with Gasteiger partial charge in [0.25, 0.3) is 0 Å². The molecule has 1 N–H and O–H groups in total. The van der Waals surface area contributed by atoms with Crippen LogP contribution < -0.4 is 0 Å². The van der Waals surface area contributed by atoms with E-state index in [9.17, 15) is 8.42 Å². The predicted molar refractivity (Wildman–Crippen MR) is 63.4 cm³/mol. The molecule has 3 saturated heterocycles. The Balaban J connectivity index is 1.65. The van der Waals surface area contributed by atoms with Crippen LogP contribution in [-0.2, 0) is 24.1 Å². The minimum atomic E-state index is -4.48. The van der Waals surface area contributed by atoms with Crippen LogP contribution in [0.25, 0.3) is 0 Å². The van der Waals surface area contributed by atoms with Gasteiger partial charge in [0.1, 0.15) is 0 Å². The lowest BCUT2D eigenvalue weighted by Gasteiger charge is -2.45. The summed E-state index contributed by atoms with van der Waals surface area (Å²) in [6, 6.07) is 0.700. The third kappa shape index (κ3) is 3.07. The minimum absolute atomic E-state index is 0.298. The van der Waals surface area contributed by atoms with Crippen molar-refractivity contribution >= 4 is 10.4 Å². The maximum Gasteiger partial charge on any atom is 0.399 e. The number of rotatable bonds is 3. The van der Waals surface area contributed by atoms with Crippen molar-refractivity contribution in [2.75, 3.05) is 32.9 Å². The first-order valence-corrected chi connectivity index (χ1v) is 7.78. The van der Waals surface area contributed by atoms with Crippen molar-refractivity contribution in [1.29, 1.82) is 0 Å².